The van der Waals surface area contributed by atoms with Crippen LogP contribution in [0.2, 0.25) is 0 Å². The highest BCUT2D eigenvalue weighted by molar-refractivity contribution is 6.11. The van der Waals surface area contributed by atoms with Crippen LogP contribution in [0.1, 0.15) is 22.0 Å². The lowest BCUT2D eigenvalue weighted by Gasteiger charge is -2.32. The van der Waals surface area contributed by atoms with Gasteiger partial charge in [-0.2, -0.15) is 0 Å². The molecule has 6 nitrogen and oxygen atoms in total. The van der Waals surface area contributed by atoms with Crippen LogP contribution < -0.4 is 10.5 Å². The van der Waals surface area contributed by atoms with Crippen LogP contribution in [0.4, 0.5) is 4.39 Å². The maximum atomic E-state index is 13.2. The highest BCUT2D eigenvalue weighted by Crippen LogP contribution is 2.18. The molecule has 0 bridgehead atoms. The minimum Gasteiger partial charge on any atom is -0.334 e. The number of carbonyl (C=O) groups excluding carboxylic acids is 2. The number of nitrogens with one attached hydrogen (secondary N) is 1. The number of halogens is 1. The molecule has 1 amide bonds. The van der Waals surface area contributed by atoms with Crippen LogP contribution in [0.5, 0.6) is 0 Å². The molecule has 0 saturated carbocycles. The Bertz CT molecular complexity index is 899. The highest BCUT2D eigenvalue weighted by atomic mass is 19.1. The van der Waals surface area contributed by atoms with Crippen LogP contribution in [0.3, 0.4) is 0 Å². The molecule has 7 heteroatoms. The third-order valence-electron chi connectivity index (χ3n) is 4.90. The SMILES string of the molecule is Cc1ccc(=O)n([C@H](C(=O)c2ccc(F)cc2)C(=O)N2CC[NH+](C)CC2)c1. The number of Topliss-reactive ketones (excluding diaryl/α,β-unsaturated/α-hetero) is 1. The molecule has 0 unspecified atom stereocenters. The first-order chi connectivity index (χ1) is 12.9. The van der Waals surface area contributed by atoms with E-state index in [0.717, 1.165) is 18.7 Å². The normalized spacial score (nSPS) is 16.2. The summed E-state index contributed by atoms with van der Waals surface area (Å²) in [6.45, 7) is 4.41. The number of aromatic nitrogens is 1. The lowest BCUT2D eigenvalue weighted by Crippen LogP contribution is -3.12. The van der Waals surface area contributed by atoms with Crippen molar-refractivity contribution in [3.63, 3.8) is 0 Å². The van der Waals surface area contributed by atoms with Gasteiger partial charge in [0.15, 0.2) is 11.8 Å². The number of benzene rings is 1. The van der Waals surface area contributed by atoms with Crippen molar-refractivity contribution in [2.75, 3.05) is 33.2 Å². The molecule has 1 aliphatic heterocycles. The van der Waals surface area contributed by atoms with E-state index in [1.807, 2.05) is 7.05 Å². The molecular formula is C20H23FN3O3+. The minimum absolute atomic E-state index is 0.197. The molecule has 0 spiro atoms. The average Bonchev–Trinajstić information content (AvgIpc) is 2.65. The van der Waals surface area contributed by atoms with E-state index in [1.165, 1.54) is 46.0 Å². The molecule has 0 radical (unpaired) electrons. The molecule has 1 N–H and O–H groups in total. The van der Waals surface area contributed by atoms with Crippen molar-refractivity contribution in [3.05, 3.63) is 69.9 Å². The summed E-state index contributed by atoms with van der Waals surface area (Å²) in [6, 6.07) is 6.73. The van der Waals surface area contributed by atoms with E-state index in [2.05, 4.69) is 0 Å². The highest BCUT2D eigenvalue weighted by Gasteiger charge is 2.35. The van der Waals surface area contributed by atoms with Gasteiger partial charge in [-0.15, -0.1) is 0 Å². The van der Waals surface area contributed by atoms with Gasteiger partial charge in [-0.1, -0.05) is 6.07 Å². The maximum absolute atomic E-state index is 13.2. The fraction of sp³-hybridized carbons (Fsp3) is 0.350. The molecule has 142 valence electrons. The summed E-state index contributed by atoms with van der Waals surface area (Å²) in [6.07, 6.45) is 1.52. The average molecular weight is 372 g/mol. The Morgan fingerprint density at radius 3 is 2.33 bits per heavy atom. The number of likely N-dealkylation sites (N-methyl/N-ethyl adjacent to an activating group) is 1. The Morgan fingerprint density at radius 1 is 1.07 bits per heavy atom. The smallest absolute Gasteiger partial charge is 0.254 e. The van der Waals surface area contributed by atoms with E-state index in [-0.39, 0.29) is 5.56 Å². The predicted molar refractivity (Wildman–Crippen MR) is 98.4 cm³/mol. The number of amides is 1. The number of aryl methyl sites for hydroxylation is 1. The Labute approximate surface area is 156 Å². The first-order valence-corrected chi connectivity index (χ1v) is 8.95. The van der Waals surface area contributed by atoms with Crippen molar-refractivity contribution in [3.8, 4) is 0 Å². The number of nitrogens with zero attached hydrogens (tertiary/aromatic N) is 2. The number of piperazine rings is 1. The summed E-state index contributed by atoms with van der Waals surface area (Å²) >= 11 is 0. The van der Waals surface area contributed by atoms with Gasteiger partial charge in [0.1, 0.15) is 5.82 Å². The third-order valence-corrected chi connectivity index (χ3v) is 4.90. The van der Waals surface area contributed by atoms with Crippen molar-refractivity contribution in [1.29, 1.82) is 0 Å². The van der Waals surface area contributed by atoms with Gasteiger partial charge in [0.25, 0.3) is 11.5 Å². The van der Waals surface area contributed by atoms with Crippen LogP contribution in [0, 0.1) is 12.7 Å². The fourth-order valence-corrected chi connectivity index (χ4v) is 3.23. The lowest BCUT2D eigenvalue weighted by molar-refractivity contribution is -0.883. The van der Waals surface area contributed by atoms with E-state index in [9.17, 15) is 18.8 Å². The Balaban J connectivity index is 2.02. The Morgan fingerprint density at radius 2 is 1.70 bits per heavy atom. The second-order valence-corrected chi connectivity index (χ2v) is 7.01. The lowest BCUT2D eigenvalue weighted by atomic mass is 10.0. The van der Waals surface area contributed by atoms with E-state index in [0.29, 0.717) is 13.1 Å². The third kappa shape index (κ3) is 4.14. The molecule has 1 atom stereocenters. The number of quaternary nitrogens is 1. The summed E-state index contributed by atoms with van der Waals surface area (Å²) in [4.78, 5) is 41.7. The second-order valence-electron chi connectivity index (χ2n) is 7.01. The van der Waals surface area contributed by atoms with Crippen molar-refractivity contribution in [2.45, 2.75) is 13.0 Å². The number of carbonyl (C=O) groups is 2. The quantitative estimate of drug-likeness (QED) is 0.611. The number of pyridine rings is 1. The summed E-state index contributed by atoms with van der Waals surface area (Å²) in [7, 11) is 2.05. The first kappa shape index (κ1) is 19.0. The summed E-state index contributed by atoms with van der Waals surface area (Å²) in [5.74, 6) is -1.38. The molecular weight excluding hydrogens is 349 g/mol. The van der Waals surface area contributed by atoms with Crippen LogP contribution in [-0.4, -0.2) is 54.4 Å². The van der Waals surface area contributed by atoms with Gasteiger partial charge in [0.05, 0.1) is 33.2 Å². The Hall–Kier alpha value is -2.80. The number of ketones is 1. The van der Waals surface area contributed by atoms with Crippen molar-refractivity contribution < 1.29 is 18.9 Å². The van der Waals surface area contributed by atoms with Gasteiger partial charge in [-0.05, 0) is 36.8 Å². The summed E-state index contributed by atoms with van der Waals surface area (Å²) < 4.78 is 14.4. The number of rotatable bonds is 4. The minimum atomic E-state index is -1.29. The molecule has 3 rings (SSSR count). The predicted octanol–water partition coefficient (Wildman–Crippen LogP) is 0.0767. The molecule has 2 aromatic rings. The summed E-state index contributed by atoms with van der Waals surface area (Å²) in [5.41, 5.74) is 0.541. The van der Waals surface area contributed by atoms with Crippen molar-refractivity contribution in [2.24, 2.45) is 0 Å². The van der Waals surface area contributed by atoms with E-state index >= 15 is 0 Å². The molecule has 1 saturated heterocycles. The van der Waals surface area contributed by atoms with Gasteiger partial charge in [-0.3, -0.25) is 19.0 Å². The molecule has 1 aromatic carbocycles. The zero-order valence-electron chi connectivity index (χ0n) is 15.4. The van der Waals surface area contributed by atoms with Crippen LogP contribution in [-0.2, 0) is 4.79 Å². The molecule has 0 aliphatic carbocycles. The van der Waals surface area contributed by atoms with Gasteiger partial charge in [-0.25, -0.2) is 4.39 Å². The van der Waals surface area contributed by atoms with Gasteiger partial charge in [0, 0.05) is 17.8 Å². The first-order valence-electron chi connectivity index (χ1n) is 8.95. The van der Waals surface area contributed by atoms with E-state index in [1.54, 1.807) is 17.9 Å². The number of hydrogen-bond acceptors (Lipinski definition) is 3. The fourth-order valence-electron chi connectivity index (χ4n) is 3.23. The zero-order chi connectivity index (χ0) is 19.6. The largest absolute Gasteiger partial charge is 0.334 e. The molecule has 1 aromatic heterocycles. The second kappa shape index (κ2) is 7.84. The van der Waals surface area contributed by atoms with Crippen LogP contribution in [0.25, 0.3) is 0 Å². The van der Waals surface area contributed by atoms with Gasteiger partial charge < -0.3 is 9.80 Å². The van der Waals surface area contributed by atoms with Crippen LogP contribution >= 0.6 is 0 Å². The number of hydrogen-bond donors (Lipinski definition) is 1. The van der Waals surface area contributed by atoms with E-state index < -0.39 is 29.1 Å². The van der Waals surface area contributed by atoms with Crippen molar-refractivity contribution in [1.82, 2.24) is 9.47 Å². The van der Waals surface area contributed by atoms with Gasteiger partial charge in [0.2, 0.25) is 0 Å². The van der Waals surface area contributed by atoms with E-state index in [4.69, 9.17) is 0 Å². The van der Waals surface area contributed by atoms with Gasteiger partial charge >= 0.3 is 0 Å². The summed E-state index contributed by atoms with van der Waals surface area (Å²) in [5, 5.41) is 0. The molecule has 1 aliphatic rings. The molecule has 1 fully saturated rings. The topological polar surface area (TPSA) is 63.8 Å². The molecule has 2 heterocycles. The zero-order valence-corrected chi connectivity index (χ0v) is 15.4. The standard InChI is InChI=1S/C20H22FN3O3/c1-14-3-8-17(25)24(13-14)18(19(26)15-4-6-16(21)7-5-15)20(27)23-11-9-22(2)10-12-23/h3-8,13,18H,9-12H2,1-2H3/p+1/t18-/m1/s1. The molecule has 27 heavy (non-hydrogen) atoms. The Kier molecular flexibility index (Phi) is 5.51. The monoisotopic (exact) mass is 372 g/mol. The van der Waals surface area contributed by atoms with Crippen molar-refractivity contribution >= 4 is 11.7 Å². The maximum Gasteiger partial charge on any atom is 0.254 e. The van der Waals surface area contributed by atoms with Crippen LogP contribution in [0.15, 0.2) is 47.4 Å².